The summed E-state index contributed by atoms with van der Waals surface area (Å²) in [5.41, 5.74) is 6.94. The third-order valence-electron chi connectivity index (χ3n) is 4.35. The summed E-state index contributed by atoms with van der Waals surface area (Å²) >= 11 is 3.36. The molecule has 0 aliphatic heterocycles. The Bertz CT molecular complexity index is 808. The summed E-state index contributed by atoms with van der Waals surface area (Å²) in [4.78, 5) is 26.0. The van der Waals surface area contributed by atoms with Gasteiger partial charge in [0.15, 0.2) is 0 Å². The number of thioether (sulfide) groups is 2. The summed E-state index contributed by atoms with van der Waals surface area (Å²) in [5.74, 6) is -0.253. The van der Waals surface area contributed by atoms with Gasteiger partial charge in [0, 0.05) is 22.6 Å². The van der Waals surface area contributed by atoms with Crippen molar-refractivity contribution in [2.45, 2.75) is 41.9 Å². The number of nitrogens with one attached hydrogen (secondary N) is 2. The van der Waals surface area contributed by atoms with Gasteiger partial charge in [-0.25, -0.2) is 10.9 Å². The van der Waals surface area contributed by atoms with Crippen LogP contribution in [0, 0.1) is 0 Å². The summed E-state index contributed by atoms with van der Waals surface area (Å²) in [7, 11) is 0. The van der Waals surface area contributed by atoms with E-state index in [1.807, 2.05) is 61.0 Å². The van der Waals surface area contributed by atoms with Gasteiger partial charge in [0.05, 0.1) is 12.4 Å². The van der Waals surface area contributed by atoms with Crippen molar-refractivity contribution in [3.05, 3.63) is 59.7 Å². The van der Waals surface area contributed by atoms with Crippen molar-refractivity contribution in [1.82, 2.24) is 10.9 Å². The third-order valence-corrected chi connectivity index (χ3v) is 5.83. The highest BCUT2D eigenvalue weighted by Gasteiger charge is 2.02. The number of carbonyl (C=O) groups excluding carboxylic acids is 2. The molecule has 2 N–H and O–H groups in total. The van der Waals surface area contributed by atoms with Crippen molar-refractivity contribution in [3.63, 3.8) is 0 Å². The molecule has 0 heterocycles. The third kappa shape index (κ3) is 10.3. The first-order chi connectivity index (χ1) is 15.1. The fourth-order valence-corrected chi connectivity index (χ4v) is 3.41. The highest BCUT2D eigenvalue weighted by Crippen LogP contribution is 2.14. The minimum absolute atomic E-state index is 0.126. The second kappa shape index (κ2) is 14.4. The van der Waals surface area contributed by atoms with Crippen molar-refractivity contribution < 1.29 is 9.59 Å². The number of benzene rings is 2. The molecule has 0 saturated heterocycles. The van der Waals surface area contributed by atoms with Gasteiger partial charge in [-0.2, -0.15) is 10.2 Å². The van der Waals surface area contributed by atoms with E-state index in [9.17, 15) is 9.59 Å². The number of unbranched alkanes of at least 4 members (excludes halogenated alkanes) is 2. The molecule has 0 radical (unpaired) electrons. The Morgan fingerprint density at radius 2 is 1.10 bits per heavy atom. The van der Waals surface area contributed by atoms with Crippen molar-refractivity contribution in [2.75, 3.05) is 12.5 Å². The van der Waals surface area contributed by atoms with Crippen LogP contribution >= 0.6 is 23.5 Å². The highest BCUT2D eigenvalue weighted by atomic mass is 32.2. The van der Waals surface area contributed by atoms with Gasteiger partial charge < -0.3 is 0 Å². The maximum Gasteiger partial charge on any atom is 0.240 e. The Morgan fingerprint density at radius 1 is 0.710 bits per heavy atom. The molecule has 0 unspecified atom stereocenters. The van der Waals surface area contributed by atoms with E-state index >= 15 is 0 Å². The maximum atomic E-state index is 11.8. The van der Waals surface area contributed by atoms with Crippen LogP contribution < -0.4 is 10.9 Å². The first-order valence-electron chi connectivity index (χ1n) is 10.0. The summed E-state index contributed by atoms with van der Waals surface area (Å²) in [6.07, 6.45) is 10.3. The molecular weight excluding hydrogens is 428 g/mol. The molecule has 0 aromatic heterocycles. The lowest BCUT2D eigenvalue weighted by molar-refractivity contribution is -0.121. The lowest BCUT2D eigenvalue weighted by Crippen LogP contribution is -2.18. The summed E-state index contributed by atoms with van der Waals surface area (Å²) in [5, 5.41) is 7.96. The van der Waals surface area contributed by atoms with E-state index in [0.29, 0.717) is 25.7 Å². The SMILES string of the molecule is CSc1ccc(/C=N/NC(=O)CCCCCC(=O)N/N=C/c2ccc(SC)cc2)cc1. The number of hydrogen-bond acceptors (Lipinski definition) is 6. The number of hydrazone groups is 2. The normalized spacial score (nSPS) is 11.2. The number of nitrogens with zero attached hydrogens (tertiary/aromatic N) is 2. The molecule has 2 amide bonds. The average molecular weight is 457 g/mol. The largest absolute Gasteiger partial charge is 0.273 e. The van der Waals surface area contributed by atoms with Crippen molar-refractivity contribution in [2.24, 2.45) is 10.2 Å². The molecule has 6 nitrogen and oxygen atoms in total. The zero-order valence-corrected chi connectivity index (χ0v) is 19.5. The maximum absolute atomic E-state index is 11.8. The van der Waals surface area contributed by atoms with Crippen LogP contribution in [0.4, 0.5) is 0 Å². The van der Waals surface area contributed by atoms with Crippen molar-refractivity contribution in [1.29, 1.82) is 0 Å². The molecule has 31 heavy (non-hydrogen) atoms. The number of hydrogen-bond donors (Lipinski definition) is 2. The highest BCUT2D eigenvalue weighted by molar-refractivity contribution is 7.98. The first-order valence-corrected chi connectivity index (χ1v) is 12.5. The fourth-order valence-electron chi connectivity index (χ4n) is 2.60. The topological polar surface area (TPSA) is 82.9 Å². The van der Waals surface area contributed by atoms with Gasteiger partial charge in [0.25, 0.3) is 0 Å². The van der Waals surface area contributed by atoms with Crippen LogP contribution in [0.15, 0.2) is 68.5 Å². The van der Waals surface area contributed by atoms with Crippen molar-refractivity contribution >= 4 is 47.8 Å². The van der Waals surface area contributed by atoms with Crippen LogP contribution in [0.5, 0.6) is 0 Å². The minimum Gasteiger partial charge on any atom is -0.273 e. The zero-order valence-electron chi connectivity index (χ0n) is 17.8. The van der Waals surface area contributed by atoms with Crippen LogP contribution in [0.3, 0.4) is 0 Å². The van der Waals surface area contributed by atoms with Gasteiger partial charge in [-0.05, 0) is 60.7 Å². The molecule has 164 valence electrons. The van der Waals surface area contributed by atoms with Crippen LogP contribution in [-0.4, -0.2) is 36.8 Å². The lowest BCUT2D eigenvalue weighted by atomic mass is 10.1. The van der Waals surface area contributed by atoms with Crippen LogP contribution in [0.2, 0.25) is 0 Å². The van der Waals surface area contributed by atoms with Gasteiger partial charge in [-0.15, -0.1) is 23.5 Å². The van der Waals surface area contributed by atoms with Gasteiger partial charge in [-0.1, -0.05) is 30.7 Å². The Labute approximate surface area is 192 Å². The van der Waals surface area contributed by atoms with E-state index in [1.165, 1.54) is 9.79 Å². The molecular formula is C23H28N4O2S2. The predicted molar refractivity (Wildman–Crippen MR) is 131 cm³/mol. The predicted octanol–water partition coefficient (Wildman–Crippen LogP) is 4.68. The molecule has 2 rings (SSSR count). The molecule has 0 atom stereocenters. The fraction of sp³-hybridized carbons (Fsp3) is 0.304. The molecule has 0 saturated carbocycles. The number of amides is 2. The van der Waals surface area contributed by atoms with E-state index < -0.39 is 0 Å². The van der Waals surface area contributed by atoms with E-state index in [0.717, 1.165) is 17.5 Å². The monoisotopic (exact) mass is 456 g/mol. The first kappa shape index (κ1) is 24.7. The molecule has 2 aromatic rings. The second-order valence-corrected chi connectivity index (χ2v) is 8.45. The molecule has 8 heteroatoms. The van der Waals surface area contributed by atoms with E-state index in [2.05, 4.69) is 21.1 Å². The quantitative estimate of drug-likeness (QED) is 0.210. The molecule has 2 aromatic carbocycles. The van der Waals surface area contributed by atoms with Gasteiger partial charge in [0.1, 0.15) is 0 Å². The number of rotatable bonds is 12. The smallest absolute Gasteiger partial charge is 0.240 e. The average Bonchev–Trinajstić information content (AvgIpc) is 2.80. The van der Waals surface area contributed by atoms with E-state index in [-0.39, 0.29) is 11.8 Å². The van der Waals surface area contributed by atoms with Gasteiger partial charge in [0.2, 0.25) is 11.8 Å². The van der Waals surface area contributed by atoms with E-state index in [4.69, 9.17) is 0 Å². The minimum atomic E-state index is -0.126. The molecule has 0 aliphatic rings. The van der Waals surface area contributed by atoms with E-state index in [1.54, 1.807) is 36.0 Å². The lowest BCUT2D eigenvalue weighted by Gasteiger charge is -2.02. The second-order valence-electron chi connectivity index (χ2n) is 6.69. The van der Waals surface area contributed by atoms with Gasteiger partial charge in [-0.3, -0.25) is 9.59 Å². The van der Waals surface area contributed by atoms with Crippen LogP contribution in [0.25, 0.3) is 0 Å². The number of carbonyl (C=O) groups is 2. The molecule has 0 bridgehead atoms. The standard InChI is InChI=1S/C23H28N4O2S2/c1-30-20-12-8-18(9-13-20)16-24-26-22(28)6-4-3-5-7-23(29)27-25-17-19-10-14-21(31-2)15-11-19/h8-17H,3-7H2,1-2H3,(H,26,28)(H,27,29)/b24-16+,25-17+. The van der Waals surface area contributed by atoms with Gasteiger partial charge >= 0.3 is 0 Å². The Morgan fingerprint density at radius 3 is 1.45 bits per heavy atom. The van der Waals surface area contributed by atoms with Crippen molar-refractivity contribution in [3.8, 4) is 0 Å². The molecule has 0 spiro atoms. The molecule has 0 aliphatic carbocycles. The summed E-state index contributed by atoms with van der Waals surface area (Å²) in [6.45, 7) is 0. The zero-order chi connectivity index (χ0) is 22.3. The summed E-state index contributed by atoms with van der Waals surface area (Å²) < 4.78 is 0. The summed E-state index contributed by atoms with van der Waals surface area (Å²) in [6, 6.07) is 15.9. The van der Waals surface area contributed by atoms with Crippen LogP contribution in [-0.2, 0) is 9.59 Å². The Hall–Kier alpha value is -2.58. The van der Waals surface area contributed by atoms with Crippen LogP contribution in [0.1, 0.15) is 43.2 Å². The molecule has 0 fully saturated rings. The Kier molecular flexibility index (Phi) is 11.5. The Balaban J connectivity index is 1.54.